The van der Waals surface area contributed by atoms with Crippen LogP contribution in [0, 0.1) is 13.8 Å². The predicted molar refractivity (Wildman–Crippen MR) is 126 cm³/mol. The van der Waals surface area contributed by atoms with Gasteiger partial charge in [0.15, 0.2) is 0 Å². The lowest BCUT2D eigenvalue weighted by Crippen LogP contribution is -2.44. The predicted octanol–water partition coefficient (Wildman–Crippen LogP) is 4.91. The lowest BCUT2D eigenvalue weighted by molar-refractivity contribution is -0.136. The molecule has 0 saturated carbocycles. The summed E-state index contributed by atoms with van der Waals surface area (Å²) in [4.78, 5) is 41.1. The van der Waals surface area contributed by atoms with Crippen LogP contribution in [0.15, 0.2) is 39.7 Å². The van der Waals surface area contributed by atoms with E-state index in [2.05, 4.69) is 20.5 Å². The Bertz CT molecular complexity index is 1090. The van der Waals surface area contributed by atoms with Crippen molar-refractivity contribution in [1.29, 1.82) is 0 Å². The highest BCUT2D eigenvalue weighted by atomic mass is 79.9. The summed E-state index contributed by atoms with van der Waals surface area (Å²) in [6.45, 7) is 5.21. The van der Waals surface area contributed by atoms with Crippen LogP contribution in [0.5, 0.6) is 0 Å². The molecule has 8 heteroatoms. The normalized spacial score (nSPS) is 18.4. The monoisotopic (exact) mass is 501 g/mol. The van der Waals surface area contributed by atoms with Crippen molar-refractivity contribution in [2.24, 2.45) is 0 Å². The molecule has 1 aromatic heterocycles. The molecule has 4 rings (SSSR count). The molecular formula is C23H24BrN3O3S. The van der Waals surface area contributed by atoms with Gasteiger partial charge < -0.3 is 9.47 Å². The average molecular weight is 502 g/mol. The fourth-order valence-corrected chi connectivity index (χ4v) is 5.38. The molecule has 3 heterocycles. The number of rotatable bonds is 4. The van der Waals surface area contributed by atoms with Gasteiger partial charge in [-0.05, 0) is 90.6 Å². The van der Waals surface area contributed by atoms with Crippen LogP contribution in [0.3, 0.4) is 0 Å². The molecule has 2 aliphatic heterocycles. The van der Waals surface area contributed by atoms with Gasteiger partial charge in [0.1, 0.15) is 6.54 Å². The SMILES string of the molecule is Cc1cc(/C=C2\SC(=O)N(CC(=O)N3CCCCC3)C2=O)c(C)n1-c1ccccc1Br. The second-order valence-corrected chi connectivity index (χ2v) is 9.67. The maximum Gasteiger partial charge on any atom is 0.294 e. The highest BCUT2D eigenvalue weighted by Crippen LogP contribution is 2.34. The van der Waals surface area contributed by atoms with Crippen LogP contribution >= 0.6 is 27.7 Å². The summed E-state index contributed by atoms with van der Waals surface area (Å²) < 4.78 is 3.08. The van der Waals surface area contributed by atoms with Crippen molar-refractivity contribution in [3.8, 4) is 5.69 Å². The number of aryl methyl sites for hydroxylation is 1. The maximum atomic E-state index is 12.9. The molecule has 2 fully saturated rings. The van der Waals surface area contributed by atoms with Gasteiger partial charge in [-0.15, -0.1) is 0 Å². The van der Waals surface area contributed by atoms with Gasteiger partial charge in [0, 0.05) is 29.0 Å². The quantitative estimate of drug-likeness (QED) is 0.558. The van der Waals surface area contributed by atoms with Crippen LogP contribution in [0.25, 0.3) is 11.8 Å². The third-order valence-electron chi connectivity index (χ3n) is 5.73. The van der Waals surface area contributed by atoms with Crippen molar-refractivity contribution in [3.05, 3.63) is 56.7 Å². The lowest BCUT2D eigenvalue weighted by atomic mass is 10.1. The third kappa shape index (κ3) is 4.36. The van der Waals surface area contributed by atoms with Crippen LogP contribution in [0.1, 0.15) is 36.2 Å². The van der Waals surface area contributed by atoms with E-state index in [0.29, 0.717) is 18.0 Å². The first-order valence-corrected chi connectivity index (χ1v) is 11.9. The second-order valence-electron chi connectivity index (χ2n) is 7.82. The number of halogens is 1. The Morgan fingerprint density at radius 2 is 1.84 bits per heavy atom. The number of hydrogen-bond donors (Lipinski definition) is 0. The smallest absolute Gasteiger partial charge is 0.294 e. The zero-order valence-electron chi connectivity index (χ0n) is 17.6. The van der Waals surface area contributed by atoms with Gasteiger partial charge in [0.25, 0.3) is 11.1 Å². The molecule has 6 nitrogen and oxygen atoms in total. The summed E-state index contributed by atoms with van der Waals surface area (Å²) in [6.07, 6.45) is 4.82. The van der Waals surface area contributed by atoms with E-state index in [-0.39, 0.29) is 17.7 Å². The van der Waals surface area contributed by atoms with Gasteiger partial charge in [0.2, 0.25) is 5.91 Å². The number of piperidine rings is 1. The number of aromatic nitrogens is 1. The van der Waals surface area contributed by atoms with Crippen molar-refractivity contribution in [1.82, 2.24) is 14.4 Å². The number of amides is 3. The molecule has 0 radical (unpaired) electrons. The molecule has 31 heavy (non-hydrogen) atoms. The van der Waals surface area contributed by atoms with Crippen molar-refractivity contribution in [2.45, 2.75) is 33.1 Å². The maximum absolute atomic E-state index is 12.9. The van der Waals surface area contributed by atoms with E-state index in [4.69, 9.17) is 0 Å². The highest BCUT2D eigenvalue weighted by Gasteiger charge is 2.37. The number of para-hydroxylation sites is 1. The summed E-state index contributed by atoms with van der Waals surface area (Å²) in [5.74, 6) is -0.554. The van der Waals surface area contributed by atoms with Crippen LogP contribution in [-0.4, -0.2) is 51.1 Å². The Morgan fingerprint density at radius 3 is 2.55 bits per heavy atom. The molecule has 0 bridgehead atoms. The molecule has 0 atom stereocenters. The average Bonchev–Trinajstić information content (AvgIpc) is 3.18. The van der Waals surface area contributed by atoms with Crippen LogP contribution in [0.4, 0.5) is 4.79 Å². The first-order chi connectivity index (χ1) is 14.9. The van der Waals surface area contributed by atoms with E-state index >= 15 is 0 Å². The highest BCUT2D eigenvalue weighted by molar-refractivity contribution is 9.10. The van der Waals surface area contributed by atoms with Gasteiger partial charge >= 0.3 is 0 Å². The Balaban J connectivity index is 1.57. The molecule has 2 aromatic rings. The second kappa shape index (κ2) is 9.04. The zero-order valence-corrected chi connectivity index (χ0v) is 20.0. The van der Waals surface area contributed by atoms with E-state index in [1.165, 1.54) is 0 Å². The summed E-state index contributed by atoms with van der Waals surface area (Å²) in [6, 6.07) is 9.95. The largest absolute Gasteiger partial charge is 0.341 e. The van der Waals surface area contributed by atoms with Crippen LogP contribution in [0.2, 0.25) is 0 Å². The van der Waals surface area contributed by atoms with Crippen molar-refractivity contribution >= 4 is 50.8 Å². The lowest BCUT2D eigenvalue weighted by Gasteiger charge is -2.27. The Labute approximate surface area is 194 Å². The van der Waals surface area contributed by atoms with E-state index in [0.717, 1.165) is 63.0 Å². The van der Waals surface area contributed by atoms with Gasteiger partial charge in [-0.25, -0.2) is 0 Å². The molecule has 0 aliphatic carbocycles. The minimum Gasteiger partial charge on any atom is -0.341 e. The topological polar surface area (TPSA) is 62.6 Å². The first kappa shape index (κ1) is 21.9. The summed E-state index contributed by atoms with van der Waals surface area (Å²) in [7, 11) is 0. The standard InChI is InChI=1S/C23H24BrN3O3S/c1-15-12-17(16(2)27(15)19-9-5-4-8-18(19)24)13-20-22(29)26(23(30)31-20)14-21(28)25-10-6-3-7-11-25/h4-5,8-9,12-13H,3,6-7,10-11,14H2,1-2H3/b20-13-. The van der Waals surface area contributed by atoms with Gasteiger partial charge in [-0.1, -0.05) is 12.1 Å². The van der Waals surface area contributed by atoms with Gasteiger partial charge in [-0.3, -0.25) is 19.3 Å². The molecule has 162 valence electrons. The molecule has 0 N–H and O–H groups in total. The zero-order chi connectivity index (χ0) is 22.1. The van der Waals surface area contributed by atoms with Crippen LogP contribution in [-0.2, 0) is 9.59 Å². The Morgan fingerprint density at radius 1 is 1.13 bits per heavy atom. The van der Waals surface area contributed by atoms with Crippen LogP contribution < -0.4 is 0 Å². The number of benzene rings is 1. The first-order valence-electron chi connectivity index (χ1n) is 10.3. The number of carbonyl (C=O) groups is 3. The van der Waals surface area contributed by atoms with Crippen molar-refractivity contribution in [3.63, 3.8) is 0 Å². The van der Waals surface area contributed by atoms with Crippen molar-refractivity contribution in [2.75, 3.05) is 19.6 Å². The third-order valence-corrected chi connectivity index (χ3v) is 7.30. The van der Waals surface area contributed by atoms with Gasteiger partial charge in [0.05, 0.1) is 10.6 Å². The Hall–Kier alpha value is -2.32. The van der Waals surface area contributed by atoms with Gasteiger partial charge in [-0.2, -0.15) is 0 Å². The van der Waals surface area contributed by atoms with E-state index < -0.39 is 5.91 Å². The minimum absolute atomic E-state index is 0.157. The molecule has 3 amide bonds. The minimum atomic E-state index is -0.397. The number of nitrogens with zero attached hydrogens (tertiary/aromatic N) is 3. The summed E-state index contributed by atoms with van der Waals surface area (Å²) >= 11 is 4.50. The molecule has 2 saturated heterocycles. The van der Waals surface area contributed by atoms with E-state index in [1.54, 1.807) is 11.0 Å². The molecule has 2 aliphatic rings. The molecule has 0 unspecified atom stereocenters. The fourth-order valence-electron chi connectivity index (χ4n) is 4.09. The number of imide groups is 1. The number of carbonyl (C=O) groups excluding carboxylic acids is 3. The summed E-state index contributed by atoms with van der Waals surface area (Å²) in [5.41, 5.74) is 3.88. The number of likely N-dealkylation sites (tertiary alicyclic amines) is 1. The Kier molecular flexibility index (Phi) is 6.39. The number of thioether (sulfide) groups is 1. The van der Waals surface area contributed by atoms with Crippen molar-refractivity contribution < 1.29 is 14.4 Å². The fraction of sp³-hybridized carbons (Fsp3) is 0.348. The van der Waals surface area contributed by atoms with E-state index in [9.17, 15) is 14.4 Å². The number of hydrogen-bond acceptors (Lipinski definition) is 4. The molecular weight excluding hydrogens is 478 g/mol. The molecule has 0 spiro atoms. The van der Waals surface area contributed by atoms with E-state index in [1.807, 2.05) is 44.2 Å². The molecule has 1 aromatic carbocycles. The summed E-state index contributed by atoms with van der Waals surface area (Å²) in [5, 5.41) is -0.388.